The van der Waals surface area contributed by atoms with Gasteiger partial charge >= 0.3 is 11.9 Å². The maximum Gasteiger partial charge on any atom is 0.422 e. The molecule has 0 spiro atoms. The second kappa shape index (κ2) is 14.3. The van der Waals surface area contributed by atoms with Gasteiger partial charge in [0.1, 0.15) is 23.0 Å². The highest BCUT2D eigenvalue weighted by atomic mass is 79.9. The highest BCUT2D eigenvalue weighted by molar-refractivity contribution is 9.10. The third-order valence-electron chi connectivity index (χ3n) is 7.51. The van der Waals surface area contributed by atoms with Crippen LogP contribution in [0.3, 0.4) is 0 Å². The Balaban J connectivity index is 1.50. The first kappa shape index (κ1) is 35.5. The molecule has 1 aliphatic heterocycles. The highest BCUT2D eigenvalue weighted by Crippen LogP contribution is 2.28. The van der Waals surface area contributed by atoms with Gasteiger partial charge in [0.25, 0.3) is 17.7 Å². The summed E-state index contributed by atoms with van der Waals surface area (Å²) in [7, 11) is 0. The van der Waals surface area contributed by atoms with E-state index in [9.17, 15) is 32.3 Å². The predicted octanol–water partition coefficient (Wildman–Crippen LogP) is 5.15. The Morgan fingerprint density at radius 1 is 1.02 bits per heavy atom. The summed E-state index contributed by atoms with van der Waals surface area (Å²) in [5.74, 6) is -2.81. The van der Waals surface area contributed by atoms with Crippen molar-refractivity contribution in [1.82, 2.24) is 19.4 Å². The molecule has 2 heterocycles. The van der Waals surface area contributed by atoms with Gasteiger partial charge in [0.15, 0.2) is 13.2 Å². The Labute approximate surface area is 289 Å². The fraction of sp³-hybridized carbons (Fsp3) is 0.250. The highest BCUT2D eigenvalue weighted by Gasteiger charge is 2.33. The number of imidazole rings is 1. The van der Waals surface area contributed by atoms with E-state index in [0.29, 0.717) is 9.50 Å². The van der Waals surface area contributed by atoms with Gasteiger partial charge in [-0.3, -0.25) is 23.5 Å². The van der Waals surface area contributed by atoms with Crippen molar-refractivity contribution in [1.29, 1.82) is 0 Å². The van der Waals surface area contributed by atoms with Crippen LogP contribution in [0.1, 0.15) is 45.1 Å². The number of carbonyl (C=O) groups is 3. The van der Waals surface area contributed by atoms with Crippen LogP contribution < -0.4 is 26.2 Å². The minimum atomic E-state index is -4.57. The molecule has 49 heavy (non-hydrogen) atoms. The molecule has 0 fully saturated rings. The Hall–Kier alpha value is -4.83. The number of halogens is 6. The molecule has 3 amide bonds. The van der Waals surface area contributed by atoms with Crippen LogP contribution >= 0.6 is 27.5 Å². The second-order valence-electron chi connectivity index (χ2n) is 11.0. The number of nitrogens with one attached hydrogen (secondary N) is 1. The predicted molar refractivity (Wildman–Crippen MR) is 172 cm³/mol. The average molecular weight is 769 g/mol. The van der Waals surface area contributed by atoms with Crippen molar-refractivity contribution in [3.8, 4) is 17.2 Å². The molecule has 11 nitrogen and oxygen atoms in total. The molecule has 1 atom stereocenters. The van der Waals surface area contributed by atoms with E-state index in [1.165, 1.54) is 58.9 Å². The monoisotopic (exact) mass is 767 g/mol. The lowest BCUT2D eigenvalue weighted by atomic mass is 10.1. The zero-order valence-electron chi connectivity index (χ0n) is 25.5. The van der Waals surface area contributed by atoms with Crippen LogP contribution in [0.2, 0.25) is 5.02 Å². The Kier molecular flexibility index (Phi) is 10.4. The number of aromatic nitrogens is 2. The van der Waals surface area contributed by atoms with E-state index in [-0.39, 0.29) is 59.3 Å². The molecule has 3 aromatic carbocycles. The van der Waals surface area contributed by atoms with Crippen molar-refractivity contribution < 1.29 is 41.4 Å². The number of hydrogen-bond acceptors (Lipinski definition) is 6. The number of alkyl halides is 3. The van der Waals surface area contributed by atoms with E-state index < -0.39 is 54.7 Å². The van der Waals surface area contributed by atoms with Gasteiger partial charge < -0.3 is 25.4 Å². The van der Waals surface area contributed by atoms with Gasteiger partial charge in [-0.05, 0) is 71.4 Å². The van der Waals surface area contributed by atoms with Crippen LogP contribution in [0.5, 0.6) is 11.5 Å². The van der Waals surface area contributed by atoms with Crippen LogP contribution in [0.4, 0.5) is 17.6 Å². The van der Waals surface area contributed by atoms with Gasteiger partial charge in [-0.2, -0.15) is 13.2 Å². The molecular weight excluding hydrogens is 742 g/mol. The van der Waals surface area contributed by atoms with E-state index >= 15 is 4.39 Å². The number of rotatable bonds is 10. The van der Waals surface area contributed by atoms with E-state index in [4.69, 9.17) is 26.8 Å². The van der Waals surface area contributed by atoms with Crippen LogP contribution in [0, 0.1) is 5.82 Å². The lowest BCUT2D eigenvalue weighted by molar-refractivity contribution is -0.153. The third kappa shape index (κ3) is 8.08. The van der Waals surface area contributed by atoms with Crippen molar-refractivity contribution in [2.75, 3.05) is 19.8 Å². The SMILES string of the molecule is C[C@@H](NC(=O)c1c2n(c(=O)n1-c1ccc(OCC(F)(F)F)cc1)CCN(C(=O)c1ccc(Br)c(Cl)c1)C2)c1ccc(OCC(N)=O)cc1F. The van der Waals surface area contributed by atoms with Crippen LogP contribution in [-0.2, 0) is 17.9 Å². The van der Waals surface area contributed by atoms with Crippen molar-refractivity contribution in [3.05, 3.63) is 109 Å². The van der Waals surface area contributed by atoms with Crippen molar-refractivity contribution >= 4 is 45.3 Å². The lowest BCUT2D eigenvalue weighted by Crippen LogP contribution is -2.41. The van der Waals surface area contributed by atoms with Gasteiger partial charge in [0, 0.05) is 34.8 Å². The first-order valence-corrected chi connectivity index (χ1v) is 15.7. The van der Waals surface area contributed by atoms with Crippen LogP contribution in [0.15, 0.2) is 69.9 Å². The number of ether oxygens (including phenoxy) is 2. The number of nitrogens with zero attached hydrogens (tertiary/aromatic N) is 3. The first-order chi connectivity index (χ1) is 23.1. The zero-order chi connectivity index (χ0) is 35.6. The van der Waals surface area contributed by atoms with Crippen LogP contribution in [-0.4, -0.2) is 57.7 Å². The van der Waals surface area contributed by atoms with Gasteiger partial charge in [0.2, 0.25) is 0 Å². The molecule has 0 radical (unpaired) electrons. The van der Waals surface area contributed by atoms with Gasteiger partial charge in [0.05, 0.1) is 29.0 Å². The molecule has 5 rings (SSSR count). The standard InChI is InChI=1S/C32H27BrClF4N5O6/c1-17(22-8-7-21(13-25(22)35)48-15-27(39)44)40-29(45)28-26-14-41(30(46)18-2-9-23(33)24(34)12-18)10-11-42(26)31(47)43(28)19-3-5-20(6-4-19)49-16-32(36,37)38/h2-9,12-13,17H,10-11,14-16H2,1H3,(H2,39,44)(H,40,45)/t17-/m1/s1. The summed E-state index contributed by atoms with van der Waals surface area (Å²) < 4.78 is 66.0. The second-order valence-corrected chi connectivity index (χ2v) is 12.2. The van der Waals surface area contributed by atoms with Gasteiger partial charge in [-0.15, -0.1) is 0 Å². The zero-order valence-corrected chi connectivity index (χ0v) is 27.9. The number of nitrogens with two attached hydrogens (primary N) is 1. The fourth-order valence-corrected chi connectivity index (χ4v) is 5.65. The van der Waals surface area contributed by atoms with E-state index in [1.54, 1.807) is 12.1 Å². The fourth-order valence-electron chi connectivity index (χ4n) is 5.22. The number of benzene rings is 3. The average Bonchev–Trinajstić information content (AvgIpc) is 3.35. The molecule has 0 saturated carbocycles. The molecule has 0 aliphatic carbocycles. The minimum Gasteiger partial charge on any atom is -0.484 e. The molecule has 4 aromatic rings. The molecule has 17 heteroatoms. The molecule has 3 N–H and O–H groups in total. The smallest absolute Gasteiger partial charge is 0.422 e. The summed E-state index contributed by atoms with van der Waals surface area (Å²) in [6.45, 7) is -0.529. The maximum atomic E-state index is 15.1. The summed E-state index contributed by atoms with van der Waals surface area (Å²) in [5, 5.41) is 3.00. The molecule has 258 valence electrons. The Morgan fingerprint density at radius 2 is 1.71 bits per heavy atom. The number of carbonyl (C=O) groups excluding carboxylic acids is 3. The third-order valence-corrected chi connectivity index (χ3v) is 8.74. The lowest BCUT2D eigenvalue weighted by Gasteiger charge is -2.28. The largest absolute Gasteiger partial charge is 0.484 e. The maximum absolute atomic E-state index is 15.1. The molecular formula is C32H27BrClF4N5O6. The van der Waals surface area contributed by atoms with E-state index in [1.807, 2.05) is 0 Å². The minimum absolute atomic E-state index is 0.0151. The van der Waals surface area contributed by atoms with Crippen molar-refractivity contribution in [2.45, 2.75) is 32.2 Å². The molecule has 0 bridgehead atoms. The van der Waals surface area contributed by atoms with E-state index in [2.05, 4.69) is 21.2 Å². The Morgan fingerprint density at radius 3 is 2.35 bits per heavy atom. The summed E-state index contributed by atoms with van der Waals surface area (Å²) in [4.78, 5) is 53.8. The van der Waals surface area contributed by atoms with Gasteiger partial charge in [-0.1, -0.05) is 17.7 Å². The van der Waals surface area contributed by atoms with Gasteiger partial charge in [-0.25, -0.2) is 9.18 Å². The molecule has 0 saturated heterocycles. The van der Waals surface area contributed by atoms with Crippen LogP contribution in [0.25, 0.3) is 5.69 Å². The summed E-state index contributed by atoms with van der Waals surface area (Å²) in [5.41, 5.74) is 4.88. The first-order valence-electron chi connectivity index (χ1n) is 14.5. The van der Waals surface area contributed by atoms with Crippen molar-refractivity contribution in [3.63, 3.8) is 0 Å². The Bertz CT molecular complexity index is 1980. The topological polar surface area (TPSA) is 138 Å². The summed E-state index contributed by atoms with van der Waals surface area (Å²) in [6.07, 6.45) is -4.57. The summed E-state index contributed by atoms with van der Waals surface area (Å²) in [6, 6.07) is 12.6. The number of amides is 3. The summed E-state index contributed by atoms with van der Waals surface area (Å²) >= 11 is 9.49. The molecule has 0 unspecified atom stereocenters. The quantitative estimate of drug-likeness (QED) is 0.214. The number of hydrogen-bond donors (Lipinski definition) is 2. The number of primary amides is 1. The normalized spacial score (nSPS) is 13.4. The number of fused-ring (bicyclic) bond motifs is 1. The van der Waals surface area contributed by atoms with Crippen molar-refractivity contribution in [2.24, 2.45) is 5.73 Å². The molecule has 1 aromatic heterocycles. The molecule has 1 aliphatic rings. The van der Waals surface area contributed by atoms with E-state index in [0.717, 1.165) is 10.6 Å².